The molecule has 0 radical (unpaired) electrons. The fourth-order valence-electron chi connectivity index (χ4n) is 3.22. The summed E-state index contributed by atoms with van der Waals surface area (Å²) in [7, 11) is 0. The average Bonchev–Trinajstić information content (AvgIpc) is 2.94. The largest absolute Gasteiger partial charge is 0.481 e. The molecule has 1 saturated heterocycles. The van der Waals surface area contributed by atoms with Gasteiger partial charge < -0.3 is 10.0 Å². The number of likely N-dealkylation sites (tertiary alicyclic amines) is 1. The van der Waals surface area contributed by atoms with Gasteiger partial charge in [-0.15, -0.1) is 0 Å². The van der Waals surface area contributed by atoms with Gasteiger partial charge in [0.1, 0.15) is 0 Å². The van der Waals surface area contributed by atoms with E-state index in [4.69, 9.17) is 5.11 Å². The van der Waals surface area contributed by atoms with Crippen LogP contribution in [0.5, 0.6) is 0 Å². The summed E-state index contributed by atoms with van der Waals surface area (Å²) in [6.45, 7) is 2.19. The number of alkyl halides is 3. The van der Waals surface area contributed by atoms with Gasteiger partial charge >= 0.3 is 12.1 Å². The predicted octanol–water partition coefficient (Wildman–Crippen LogP) is 3.66. The summed E-state index contributed by atoms with van der Waals surface area (Å²) in [6, 6.07) is 4.42. The van der Waals surface area contributed by atoms with E-state index in [-0.39, 0.29) is 18.4 Å². The molecule has 2 unspecified atom stereocenters. The summed E-state index contributed by atoms with van der Waals surface area (Å²) in [6.07, 6.45) is -2.92. The zero-order valence-corrected chi connectivity index (χ0v) is 13.3. The number of carboxylic acids is 1. The third-order valence-corrected chi connectivity index (χ3v) is 4.39. The van der Waals surface area contributed by atoms with Crippen molar-refractivity contribution < 1.29 is 27.9 Å². The van der Waals surface area contributed by atoms with E-state index in [0.717, 1.165) is 12.1 Å². The molecule has 0 aromatic heterocycles. The predicted molar refractivity (Wildman–Crippen MR) is 81.5 cm³/mol. The highest BCUT2D eigenvalue weighted by Crippen LogP contribution is 2.33. The Kier molecular flexibility index (Phi) is 5.51. The number of carbonyl (C=O) groups is 2. The Balaban J connectivity index is 2.24. The molecule has 0 aliphatic carbocycles. The first-order chi connectivity index (χ1) is 11.2. The van der Waals surface area contributed by atoms with Crippen LogP contribution < -0.4 is 0 Å². The van der Waals surface area contributed by atoms with Crippen LogP contribution in [0.3, 0.4) is 0 Å². The minimum absolute atomic E-state index is 0.134. The van der Waals surface area contributed by atoms with E-state index in [9.17, 15) is 22.8 Å². The zero-order chi connectivity index (χ0) is 17.9. The Bertz CT molecular complexity index is 615. The Morgan fingerprint density at radius 1 is 1.38 bits per heavy atom. The molecule has 24 heavy (non-hydrogen) atoms. The molecule has 0 saturated carbocycles. The second-order valence-corrected chi connectivity index (χ2v) is 6.01. The first-order valence-corrected chi connectivity index (χ1v) is 7.93. The fraction of sp³-hybridized carbons (Fsp3) is 0.529. The summed E-state index contributed by atoms with van der Waals surface area (Å²) in [4.78, 5) is 25.2. The van der Waals surface area contributed by atoms with Crippen molar-refractivity contribution in [2.45, 2.75) is 50.7 Å². The van der Waals surface area contributed by atoms with Crippen LogP contribution in [-0.2, 0) is 15.8 Å². The number of carboxylic acid groups (broad SMARTS) is 1. The average molecular weight is 343 g/mol. The lowest BCUT2D eigenvalue weighted by Gasteiger charge is -2.28. The van der Waals surface area contributed by atoms with Gasteiger partial charge in [0.2, 0.25) is 5.91 Å². The maximum absolute atomic E-state index is 12.9. The molecule has 1 fully saturated rings. The van der Waals surface area contributed by atoms with Gasteiger partial charge in [0.15, 0.2) is 0 Å². The first kappa shape index (κ1) is 18.3. The molecule has 2 rings (SSSR count). The highest BCUT2D eigenvalue weighted by Gasteiger charge is 2.35. The minimum Gasteiger partial charge on any atom is -0.481 e. The van der Waals surface area contributed by atoms with E-state index in [1.54, 1.807) is 6.92 Å². The van der Waals surface area contributed by atoms with Gasteiger partial charge in [-0.3, -0.25) is 9.59 Å². The van der Waals surface area contributed by atoms with E-state index in [1.807, 2.05) is 0 Å². The summed E-state index contributed by atoms with van der Waals surface area (Å²) < 4.78 is 38.6. The van der Waals surface area contributed by atoms with Crippen molar-refractivity contribution in [3.05, 3.63) is 35.4 Å². The third kappa shape index (κ3) is 4.07. The van der Waals surface area contributed by atoms with Crippen LogP contribution in [0.4, 0.5) is 13.2 Å². The van der Waals surface area contributed by atoms with E-state index in [0.29, 0.717) is 31.4 Å². The van der Waals surface area contributed by atoms with Crippen LogP contribution in [0.2, 0.25) is 0 Å². The molecule has 1 aliphatic heterocycles. The lowest BCUT2D eigenvalue weighted by Crippen LogP contribution is -2.39. The molecular formula is C17H20F3NO3. The van der Waals surface area contributed by atoms with Crippen LogP contribution in [0.15, 0.2) is 24.3 Å². The van der Waals surface area contributed by atoms with E-state index in [2.05, 4.69) is 0 Å². The number of rotatable bonds is 5. The second-order valence-electron chi connectivity index (χ2n) is 6.01. The van der Waals surface area contributed by atoms with Gasteiger partial charge in [0.25, 0.3) is 0 Å². The van der Waals surface area contributed by atoms with Gasteiger partial charge in [-0.05, 0) is 30.9 Å². The summed E-state index contributed by atoms with van der Waals surface area (Å²) >= 11 is 0. The topological polar surface area (TPSA) is 57.6 Å². The van der Waals surface area contributed by atoms with Crippen LogP contribution in [0.1, 0.15) is 49.7 Å². The Hall–Kier alpha value is -2.05. The number of aliphatic carboxylic acids is 1. The molecule has 1 aromatic carbocycles. The van der Waals surface area contributed by atoms with Crippen molar-refractivity contribution in [1.29, 1.82) is 0 Å². The minimum atomic E-state index is -4.46. The van der Waals surface area contributed by atoms with E-state index >= 15 is 0 Å². The Morgan fingerprint density at radius 2 is 2.08 bits per heavy atom. The second kappa shape index (κ2) is 7.23. The van der Waals surface area contributed by atoms with Crippen molar-refractivity contribution in [2.24, 2.45) is 0 Å². The third-order valence-electron chi connectivity index (χ3n) is 4.39. The summed E-state index contributed by atoms with van der Waals surface area (Å²) in [5, 5.41) is 8.95. The van der Waals surface area contributed by atoms with Crippen LogP contribution in [-0.4, -0.2) is 34.5 Å². The number of hydrogen-bond acceptors (Lipinski definition) is 2. The van der Waals surface area contributed by atoms with Crippen LogP contribution in [0, 0.1) is 0 Å². The van der Waals surface area contributed by atoms with E-state index < -0.39 is 23.6 Å². The number of benzene rings is 1. The number of amides is 1. The molecule has 1 aliphatic rings. The summed E-state index contributed by atoms with van der Waals surface area (Å²) in [5.41, 5.74) is -0.465. The SMILES string of the molecule is CCC(C(=O)N1CCCC1CC(=O)O)c1cccc(C(F)(F)F)c1. The molecule has 1 heterocycles. The molecule has 1 aromatic rings. The highest BCUT2D eigenvalue weighted by atomic mass is 19.4. The molecule has 132 valence electrons. The van der Waals surface area contributed by atoms with Crippen molar-refractivity contribution in [3.8, 4) is 0 Å². The monoisotopic (exact) mass is 343 g/mol. The number of nitrogens with zero attached hydrogens (tertiary/aromatic N) is 1. The molecule has 4 nitrogen and oxygen atoms in total. The lowest BCUT2D eigenvalue weighted by molar-refractivity contribution is -0.141. The van der Waals surface area contributed by atoms with Crippen LogP contribution >= 0.6 is 0 Å². The molecule has 0 bridgehead atoms. The Labute approximate surface area is 138 Å². The highest BCUT2D eigenvalue weighted by molar-refractivity contribution is 5.85. The summed E-state index contributed by atoms with van der Waals surface area (Å²) in [5.74, 6) is -1.96. The number of halogens is 3. The van der Waals surface area contributed by atoms with Crippen LogP contribution in [0.25, 0.3) is 0 Å². The van der Waals surface area contributed by atoms with Crippen molar-refractivity contribution in [2.75, 3.05) is 6.54 Å². The van der Waals surface area contributed by atoms with Gasteiger partial charge in [-0.2, -0.15) is 13.2 Å². The molecule has 1 amide bonds. The van der Waals surface area contributed by atoms with Crippen molar-refractivity contribution >= 4 is 11.9 Å². The standard InChI is InChI=1S/C17H20F3NO3/c1-2-14(11-5-3-6-12(9-11)17(18,19)20)16(24)21-8-4-7-13(21)10-15(22)23/h3,5-6,9,13-14H,2,4,7-8,10H2,1H3,(H,22,23). The fourth-order valence-corrected chi connectivity index (χ4v) is 3.22. The molecule has 2 atom stereocenters. The first-order valence-electron chi connectivity index (χ1n) is 7.93. The Morgan fingerprint density at radius 3 is 2.67 bits per heavy atom. The lowest BCUT2D eigenvalue weighted by atomic mass is 9.93. The molecule has 0 spiro atoms. The van der Waals surface area contributed by atoms with Crippen molar-refractivity contribution in [1.82, 2.24) is 4.90 Å². The van der Waals surface area contributed by atoms with Gasteiger partial charge in [-0.1, -0.05) is 25.1 Å². The maximum Gasteiger partial charge on any atom is 0.416 e. The zero-order valence-electron chi connectivity index (χ0n) is 13.3. The maximum atomic E-state index is 12.9. The van der Waals surface area contributed by atoms with Gasteiger partial charge in [0.05, 0.1) is 17.9 Å². The number of hydrogen-bond donors (Lipinski definition) is 1. The van der Waals surface area contributed by atoms with Gasteiger partial charge in [-0.25, -0.2) is 0 Å². The number of carbonyl (C=O) groups excluding carboxylic acids is 1. The molecule has 7 heteroatoms. The van der Waals surface area contributed by atoms with Crippen molar-refractivity contribution in [3.63, 3.8) is 0 Å². The normalized spacial score (nSPS) is 19.3. The van der Waals surface area contributed by atoms with Gasteiger partial charge in [0, 0.05) is 12.6 Å². The van der Waals surface area contributed by atoms with E-state index in [1.165, 1.54) is 17.0 Å². The smallest absolute Gasteiger partial charge is 0.416 e. The molecular weight excluding hydrogens is 323 g/mol. The quantitative estimate of drug-likeness (QED) is 0.887. The molecule has 1 N–H and O–H groups in total.